The number of ether oxygens (including phenoxy) is 6. The van der Waals surface area contributed by atoms with Gasteiger partial charge in [0.15, 0.2) is 17.5 Å². The molecule has 2 spiro atoms. The Morgan fingerprint density at radius 1 is 1.13 bits per heavy atom. The lowest BCUT2D eigenvalue weighted by atomic mass is 9.67. The van der Waals surface area contributed by atoms with E-state index in [0.29, 0.717) is 31.6 Å². The van der Waals surface area contributed by atoms with E-state index in [4.69, 9.17) is 28.4 Å². The number of hydrogen-bond acceptors (Lipinski definition) is 9. The summed E-state index contributed by atoms with van der Waals surface area (Å²) in [6.07, 6.45) is 1.79. The molecule has 1 aliphatic carbocycles. The number of fused-ring (bicyclic) bond motifs is 2. The molecule has 0 aromatic carbocycles. The van der Waals surface area contributed by atoms with Crippen molar-refractivity contribution < 1.29 is 56.3 Å². The van der Waals surface area contributed by atoms with Crippen LogP contribution in [0, 0.1) is 17.8 Å². The van der Waals surface area contributed by atoms with Crippen LogP contribution in [0.25, 0.3) is 0 Å². The van der Waals surface area contributed by atoms with Gasteiger partial charge in [0, 0.05) is 19.3 Å². The topological polar surface area (TPSA) is 113 Å². The van der Waals surface area contributed by atoms with E-state index in [1.54, 1.807) is 6.08 Å². The van der Waals surface area contributed by atoms with E-state index in [9.17, 15) is 27.9 Å². The van der Waals surface area contributed by atoms with Gasteiger partial charge in [-0.15, -0.1) is 0 Å². The van der Waals surface area contributed by atoms with E-state index in [1.165, 1.54) is 18.6 Å². The number of esters is 2. The van der Waals surface area contributed by atoms with Crippen LogP contribution in [-0.4, -0.2) is 83.4 Å². The first-order valence-corrected chi connectivity index (χ1v) is 16.5. The Morgan fingerprint density at radius 3 is 2.61 bits per heavy atom. The van der Waals surface area contributed by atoms with Crippen molar-refractivity contribution in [2.45, 2.75) is 139 Å². The van der Waals surface area contributed by atoms with Gasteiger partial charge in [-0.05, 0) is 56.9 Å². The fourth-order valence-electron chi connectivity index (χ4n) is 8.27. The quantitative estimate of drug-likeness (QED) is 0.243. The molecule has 4 saturated heterocycles. The van der Waals surface area contributed by atoms with Gasteiger partial charge in [0.05, 0.1) is 18.8 Å². The number of allylic oxidation sites excluding steroid dienone is 2. The molecule has 12 heteroatoms. The maximum absolute atomic E-state index is 14.2. The standard InChI is InChI=1S/C34H45F3O9/c1-6-25-20(4)11-12-31(45-25)16-23-15-22(44-31)9-7-18(2)13-19(3)8-10-26-32(46-26)17-41-28-27(43-30(39)34(35,36)37)21(5)14-24(29(38)42-23)33(28,32)40/h7-8,10,14,19-20,22-28,40H,6,9,11-13,15-17H2,1-5H3/b10-8?,18-7-/t19-,20-,22+,23-,24-,25+,26-,27+,28+,31+,32+,33+/m0/s1. The minimum Gasteiger partial charge on any atom is -0.462 e. The average Bonchev–Trinajstić information content (AvgIpc) is 3.63. The third kappa shape index (κ3) is 5.86. The van der Waals surface area contributed by atoms with Crippen molar-refractivity contribution in [3.8, 4) is 0 Å². The number of epoxide rings is 1. The number of hydrogen-bond donors (Lipinski definition) is 1. The molecule has 0 amide bonds. The van der Waals surface area contributed by atoms with E-state index in [2.05, 4.69) is 33.8 Å². The van der Waals surface area contributed by atoms with Crippen LogP contribution in [0.15, 0.2) is 35.5 Å². The molecule has 1 N–H and O–H groups in total. The maximum atomic E-state index is 14.2. The van der Waals surface area contributed by atoms with Crippen LogP contribution in [0.5, 0.6) is 0 Å². The number of aliphatic hydroxyl groups is 1. The fraction of sp³-hybridized carbons (Fsp3) is 0.765. The molecule has 6 rings (SSSR count). The van der Waals surface area contributed by atoms with E-state index in [0.717, 1.165) is 19.3 Å². The summed E-state index contributed by atoms with van der Waals surface area (Å²) in [5.41, 5.74) is -2.32. The van der Waals surface area contributed by atoms with Gasteiger partial charge in [-0.25, -0.2) is 4.79 Å². The Kier molecular flexibility index (Phi) is 8.79. The average molecular weight is 655 g/mol. The SMILES string of the molecule is CC[C@H]1O[C@]2(CC[C@@H]1C)C[C@@H]1C[C@@H](C/C=C(/C)C[C@@H](C)C=C[C@@H]3O[C@]34CO[C@@H]3[C@H](OC(=O)C(F)(F)F)C(C)=C[C@@H](C(=O)O1)[C@@]34O)O2. The summed E-state index contributed by atoms with van der Waals surface area (Å²) in [5.74, 6) is -5.01. The van der Waals surface area contributed by atoms with Crippen molar-refractivity contribution >= 4 is 11.9 Å². The van der Waals surface area contributed by atoms with Crippen LogP contribution in [0.3, 0.4) is 0 Å². The Morgan fingerprint density at radius 2 is 1.89 bits per heavy atom. The van der Waals surface area contributed by atoms with Crippen LogP contribution in [0.1, 0.15) is 79.6 Å². The zero-order valence-corrected chi connectivity index (χ0v) is 27.0. The predicted octanol–water partition coefficient (Wildman–Crippen LogP) is 5.25. The molecule has 0 unspecified atom stereocenters. The van der Waals surface area contributed by atoms with E-state index in [-0.39, 0.29) is 30.3 Å². The highest BCUT2D eigenvalue weighted by molar-refractivity contribution is 5.79. The number of carbonyl (C=O) groups is 2. The zero-order valence-electron chi connectivity index (χ0n) is 27.0. The van der Waals surface area contributed by atoms with Gasteiger partial charge in [-0.1, -0.05) is 50.6 Å². The lowest BCUT2D eigenvalue weighted by molar-refractivity contribution is -0.335. The van der Waals surface area contributed by atoms with Crippen LogP contribution in [-0.2, 0) is 38.0 Å². The summed E-state index contributed by atoms with van der Waals surface area (Å²) >= 11 is 0. The minimum absolute atomic E-state index is 0.00666. The summed E-state index contributed by atoms with van der Waals surface area (Å²) < 4.78 is 76.0. The summed E-state index contributed by atoms with van der Waals surface area (Å²) in [5, 5.41) is 12.5. The molecule has 4 fully saturated rings. The molecule has 46 heavy (non-hydrogen) atoms. The first-order valence-electron chi connectivity index (χ1n) is 16.5. The van der Waals surface area contributed by atoms with E-state index >= 15 is 0 Å². The van der Waals surface area contributed by atoms with Crippen LogP contribution < -0.4 is 0 Å². The van der Waals surface area contributed by atoms with Crippen LogP contribution in [0.4, 0.5) is 13.2 Å². The lowest BCUT2D eigenvalue weighted by Crippen LogP contribution is -2.64. The van der Waals surface area contributed by atoms with Gasteiger partial charge in [-0.2, -0.15) is 13.2 Å². The Balaban J connectivity index is 1.37. The molecule has 0 saturated carbocycles. The van der Waals surface area contributed by atoms with Crippen molar-refractivity contribution in [3.05, 3.63) is 35.5 Å². The van der Waals surface area contributed by atoms with Gasteiger partial charge >= 0.3 is 18.1 Å². The highest BCUT2D eigenvalue weighted by Gasteiger charge is 2.80. The second-order valence-electron chi connectivity index (χ2n) is 14.3. The molecule has 5 heterocycles. The van der Waals surface area contributed by atoms with Gasteiger partial charge in [0.1, 0.15) is 29.8 Å². The molecular formula is C34H45F3O9. The molecule has 0 aromatic rings. The number of alkyl halides is 3. The molecule has 6 aliphatic rings. The Hall–Kier alpha value is -2.25. The number of rotatable bonds is 2. The van der Waals surface area contributed by atoms with Gasteiger partial charge in [0.25, 0.3) is 0 Å². The number of halogens is 3. The van der Waals surface area contributed by atoms with Gasteiger partial charge < -0.3 is 33.5 Å². The van der Waals surface area contributed by atoms with Crippen molar-refractivity contribution in [2.75, 3.05) is 6.61 Å². The van der Waals surface area contributed by atoms with Crippen LogP contribution >= 0.6 is 0 Å². The van der Waals surface area contributed by atoms with Crippen molar-refractivity contribution in [1.29, 1.82) is 0 Å². The summed E-state index contributed by atoms with van der Waals surface area (Å²) in [6.45, 7) is 9.58. The second kappa shape index (κ2) is 12.0. The Labute approximate surface area is 267 Å². The molecule has 12 atom stereocenters. The molecule has 0 aromatic heterocycles. The lowest BCUT2D eigenvalue weighted by Gasteiger charge is -2.50. The fourth-order valence-corrected chi connectivity index (χ4v) is 8.27. The Bertz CT molecular complexity index is 1310. The van der Waals surface area contributed by atoms with Crippen molar-refractivity contribution in [3.63, 3.8) is 0 Å². The van der Waals surface area contributed by atoms with Gasteiger partial charge in [0.2, 0.25) is 0 Å². The molecule has 5 aliphatic heterocycles. The molecule has 2 bridgehead atoms. The first-order chi connectivity index (χ1) is 21.6. The van der Waals surface area contributed by atoms with Crippen LogP contribution in [0.2, 0.25) is 0 Å². The highest BCUT2D eigenvalue weighted by Crippen LogP contribution is 2.59. The number of carbonyl (C=O) groups excluding carboxylic acids is 2. The van der Waals surface area contributed by atoms with E-state index < -0.39 is 65.4 Å². The van der Waals surface area contributed by atoms with Gasteiger partial charge in [-0.3, -0.25) is 4.79 Å². The summed E-state index contributed by atoms with van der Waals surface area (Å²) in [7, 11) is 0. The third-order valence-electron chi connectivity index (χ3n) is 10.8. The molecule has 256 valence electrons. The zero-order chi connectivity index (χ0) is 33.2. The van der Waals surface area contributed by atoms with Crippen molar-refractivity contribution in [1.82, 2.24) is 0 Å². The second-order valence-corrected chi connectivity index (χ2v) is 14.3. The normalized spacial score (nSPS) is 47.2. The largest absolute Gasteiger partial charge is 0.490 e. The van der Waals surface area contributed by atoms with E-state index in [1.807, 2.05) is 6.08 Å². The third-order valence-corrected chi connectivity index (χ3v) is 10.8. The molecule has 0 radical (unpaired) electrons. The molecule has 9 nitrogen and oxygen atoms in total. The maximum Gasteiger partial charge on any atom is 0.490 e. The first kappa shape index (κ1) is 33.6. The smallest absolute Gasteiger partial charge is 0.462 e. The van der Waals surface area contributed by atoms with Crippen molar-refractivity contribution in [2.24, 2.45) is 17.8 Å². The monoisotopic (exact) mass is 654 g/mol. The predicted molar refractivity (Wildman–Crippen MR) is 157 cm³/mol. The summed E-state index contributed by atoms with van der Waals surface area (Å²) in [4.78, 5) is 26.1. The molecular weight excluding hydrogens is 609 g/mol. The highest BCUT2D eigenvalue weighted by atomic mass is 19.4. The summed E-state index contributed by atoms with van der Waals surface area (Å²) in [6, 6.07) is 0. The minimum atomic E-state index is -5.26.